The van der Waals surface area contributed by atoms with Crippen molar-refractivity contribution in [3.63, 3.8) is 0 Å². The highest BCUT2D eigenvalue weighted by atomic mass is 16.6. The molecule has 0 unspecified atom stereocenters. The maximum absolute atomic E-state index is 11.2. The van der Waals surface area contributed by atoms with Crippen LogP contribution in [0.3, 0.4) is 0 Å². The van der Waals surface area contributed by atoms with E-state index in [-0.39, 0.29) is 33.9 Å². The van der Waals surface area contributed by atoms with Gasteiger partial charge in [-0.2, -0.15) is 0 Å². The summed E-state index contributed by atoms with van der Waals surface area (Å²) in [6, 6.07) is 17.5. The standard InChI is InChI=1S/C27H31NO4/c1-26(2,3)24-19(9-7-11-21(24)29)23(17-13-15-18(16-14-17)28(31)32)20-10-8-12-22(30)25(20)27(4,5)6/h7-16,23,29-30H,1-6H3. The molecule has 0 fully saturated rings. The molecule has 0 aliphatic carbocycles. The van der Waals surface area contributed by atoms with Crippen molar-refractivity contribution in [2.45, 2.75) is 58.3 Å². The summed E-state index contributed by atoms with van der Waals surface area (Å²) in [5, 5.41) is 32.9. The van der Waals surface area contributed by atoms with Crippen molar-refractivity contribution in [3.05, 3.63) is 98.6 Å². The number of hydrogen-bond donors (Lipinski definition) is 2. The Hall–Kier alpha value is -3.34. The van der Waals surface area contributed by atoms with E-state index in [1.165, 1.54) is 12.1 Å². The largest absolute Gasteiger partial charge is 0.508 e. The van der Waals surface area contributed by atoms with Crippen molar-refractivity contribution in [1.29, 1.82) is 0 Å². The van der Waals surface area contributed by atoms with Gasteiger partial charge >= 0.3 is 0 Å². The first-order valence-corrected chi connectivity index (χ1v) is 10.7. The minimum Gasteiger partial charge on any atom is -0.508 e. The lowest BCUT2D eigenvalue weighted by atomic mass is 9.71. The second kappa shape index (κ2) is 8.30. The van der Waals surface area contributed by atoms with Gasteiger partial charge in [-0.1, -0.05) is 77.9 Å². The fourth-order valence-electron chi connectivity index (χ4n) is 4.55. The molecule has 32 heavy (non-hydrogen) atoms. The maximum Gasteiger partial charge on any atom is 0.269 e. The summed E-state index contributed by atoms with van der Waals surface area (Å²) < 4.78 is 0. The molecule has 168 valence electrons. The molecule has 2 N–H and O–H groups in total. The zero-order valence-corrected chi connectivity index (χ0v) is 19.5. The van der Waals surface area contributed by atoms with Crippen molar-refractivity contribution in [3.8, 4) is 11.5 Å². The summed E-state index contributed by atoms with van der Waals surface area (Å²) in [4.78, 5) is 10.8. The Morgan fingerprint density at radius 1 is 0.719 bits per heavy atom. The molecule has 0 spiro atoms. The first kappa shape index (κ1) is 23.3. The van der Waals surface area contributed by atoms with Gasteiger partial charge in [-0.25, -0.2) is 0 Å². The highest BCUT2D eigenvalue weighted by molar-refractivity contribution is 5.58. The van der Waals surface area contributed by atoms with Gasteiger partial charge in [0.15, 0.2) is 0 Å². The molecule has 0 saturated heterocycles. The monoisotopic (exact) mass is 433 g/mol. The summed E-state index contributed by atoms with van der Waals surface area (Å²) in [7, 11) is 0. The number of nitrogens with zero attached hydrogens (tertiary/aromatic N) is 1. The molecule has 5 nitrogen and oxygen atoms in total. The Morgan fingerprint density at radius 2 is 1.12 bits per heavy atom. The smallest absolute Gasteiger partial charge is 0.269 e. The molecular formula is C27H31NO4. The molecule has 3 aromatic rings. The van der Waals surface area contributed by atoms with E-state index in [0.717, 1.165) is 27.8 Å². The van der Waals surface area contributed by atoms with Gasteiger partial charge in [0.05, 0.1) is 4.92 Å². The SMILES string of the molecule is CC(C)(C)c1c(O)cccc1C(c1ccc([N+](=O)[O-])cc1)c1cccc(O)c1C(C)(C)C. The number of rotatable bonds is 4. The van der Waals surface area contributed by atoms with Crippen LogP contribution < -0.4 is 0 Å². The number of nitro groups is 1. The second-order valence-electron chi connectivity index (χ2n) is 10.3. The zero-order chi connectivity index (χ0) is 23.8. The zero-order valence-electron chi connectivity index (χ0n) is 19.5. The molecule has 0 aromatic heterocycles. The van der Waals surface area contributed by atoms with E-state index >= 15 is 0 Å². The minimum absolute atomic E-state index is 0.0198. The van der Waals surface area contributed by atoms with Crippen LogP contribution in [0.25, 0.3) is 0 Å². The number of aromatic hydroxyl groups is 2. The van der Waals surface area contributed by atoms with Gasteiger partial charge in [-0.05, 0) is 39.7 Å². The van der Waals surface area contributed by atoms with Crippen LogP contribution in [0.15, 0.2) is 60.7 Å². The van der Waals surface area contributed by atoms with Crippen LogP contribution >= 0.6 is 0 Å². The number of benzene rings is 3. The number of phenolic OH excluding ortho intramolecular Hbond substituents is 2. The topological polar surface area (TPSA) is 83.6 Å². The lowest BCUT2D eigenvalue weighted by Gasteiger charge is -2.32. The third-order valence-corrected chi connectivity index (χ3v) is 5.71. The molecule has 0 radical (unpaired) electrons. The molecule has 0 bridgehead atoms. The average Bonchev–Trinajstić information content (AvgIpc) is 2.66. The van der Waals surface area contributed by atoms with Gasteiger partial charge < -0.3 is 10.2 Å². The summed E-state index contributed by atoms with van der Waals surface area (Å²) in [5.74, 6) is 0.0807. The van der Waals surface area contributed by atoms with Crippen LogP contribution in [0, 0.1) is 10.1 Å². The van der Waals surface area contributed by atoms with E-state index in [1.54, 1.807) is 24.3 Å². The number of hydrogen-bond acceptors (Lipinski definition) is 4. The van der Waals surface area contributed by atoms with E-state index in [0.29, 0.717) is 0 Å². The van der Waals surface area contributed by atoms with E-state index in [2.05, 4.69) is 0 Å². The van der Waals surface area contributed by atoms with Gasteiger partial charge in [0, 0.05) is 29.2 Å². The maximum atomic E-state index is 11.2. The third-order valence-electron chi connectivity index (χ3n) is 5.71. The molecule has 5 heteroatoms. The quantitative estimate of drug-likeness (QED) is 0.270. The van der Waals surface area contributed by atoms with Gasteiger partial charge in [0.1, 0.15) is 11.5 Å². The minimum atomic E-state index is -0.414. The van der Waals surface area contributed by atoms with E-state index in [4.69, 9.17) is 0 Å². The first-order chi connectivity index (χ1) is 14.8. The van der Waals surface area contributed by atoms with E-state index in [9.17, 15) is 20.3 Å². The molecule has 0 amide bonds. The van der Waals surface area contributed by atoms with E-state index in [1.807, 2.05) is 65.8 Å². The fourth-order valence-corrected chi connectivity index (χ4v) is 4.55. The van der Waals surface area contributed by atoms with Gasteiger partial charge in [-0.3, -0.25) is 10.1 Å². The Morgan fingerprint density at radius 3 is 1.47 bits per heavy atom. The molecule has 0 aliphatic heterocycles. The Balaban J connectivity index is 2.41. The Bertz CT molecular complexity index is 1070. The average molecular weight is 434 g/mol. The molecule has 0 atom stereocenters. The molecule has 0 aliphatic rings. The van der Waals surface area contributed by atoms with Gasteiger partial charge in [0.25, 0.3) is 5.69 Å². The lowest BCUT2D eigenvalue weighted by Crippen LogP contribution is -2.21. The van der Waals surface area contributed by atoms with Crippen LogP contribution in [0.4, 0.5) is 5.69 Å². The predicted octanol–water partition coefficient (Wildman–Crippen LogP) is 6.78. The van der Waals surface area contributed by atoms with Crippen molar-refractivity contribution in [2.75, 3.05) is 0 Å². The van der Waals surface area contributed by atoms with Gasteiger partial charge in [-0.15, -0.1) is 0 Å². The first-order valence-electron chi connectivity index (χ1n) is 10.7. The Labute approximate surface area is 189 Å². The summed E-state index contributed by atoms with van der Waals surface area (Å²) in [6.07, 6.45) is 0. The van der Waals surface area contributed by atoms with Crippen LogP contribution in [-0.2, 0) is 10.8 Å². The van der Waals surface area contributed by atoms with Crippen molar-refractivity contribution in [2.24, 2.45) is 0 Å². The third kappa shape index (κ3) is 4.47. The second-order valence-corrected chi connectivity index (χ2v) is 10.3. The molecule has 0 heterocycles. The van der Waals surface area contributed by atoms with E-state index < -0.39 is 4.92 Å². The number of phenols is 2. The van der Waals surface area contributed by atoms with Crippen molar-refractivity contribution in [1.82, 2.24) is 0 Å². The van der Waals surface area contributed by atoms with Crippen LogP contribution in [0.5, 0.6) is 11.5 Å². The van der Waals surface area contributed by atoms with Crippen molar-refractivity contribution >= 4 is 5.69 Å². The molecule has 3 aromatic carbocycles. The summed E-state index contributed by atoms with van der Waals surface area (Å²) in [5.41, 5.74) is 3.61. The highest BCUT2D eigenvalue weighted by Gasteiger charge is 2.32. The van der Waals surface area contributed by atoms with Crippen molar-refractivity contribution < 1.29 is 15.1 Å². The molecule has 0 saturated carbocycles. The lowest BCUT2D eigenvalue weighted by molar-refractivity contribution is -0.384. The number of non-ortho nitro benzene ring substituents is 1. The number of nitro benzene ring substituents is 1. The fraction of sp³-hybridized carbons (Fsp3) is 0.333. The molecular weight excluding hydrogens is 402 g/mol. The highest BCUT2D eigenvalue weighted by Crippen LogP contribution is 2.46. The molecule has 3 rings (SSSR count). The summed E-state index contributed by atoms with van der Waals surface area (Å²) >= 11 is 0. The van der Waals surface area contributed by atoms with Crippen LogP contribution in [0.1, 0.15) is 75.3 Å². The van der Waals surface area contributed by atoms with Crippen LogP contribution in [-0.4, -0.2) is 15.1 Å². The summed E-state index contributed by atoms with van der Waals surface area (Å²) in [6.45, 7) is 12.3. The normalized spacial score (nSPS) is 12.2. The Kier molecular flexibility index (Phi) is 6.05. The van der Waals surface area contributed by atoms with Gasteiger partial charge in [0.2, 0.25) is 0 Å². The van der Waals surface area contributed by atoms with Crippen LogP contribution in [0.2, 0.25) is 0 Å². The predicted molar refractivity (Wildman–Crippen MR) is 128 cm³/mol.